The maximum absolute atomic E-state index is 11.2. The Bertz CT molecular complexity index is 278. The van der Waals surface area contributed by atoms with Crippen molar-refractivity contribution in [3.63, 3.8) is 0 Å². The van der Waals surface area contributed by atoms with Crippen LogP contribution in [0.4, 0.5) is 0 Å². The van der Waals surface area contributed by atoms with Crippen molar-refractivity contribution in [2.24, 2.45) is 11.8 Å². The summed E-state index contributed by atoms with van der Waals surface area (Å²) >= 11 is 0. The Labute approximate surface area is 84.6 Å². The predicted molar refractivity (Wildman–Crippen MR) is 53.9 cm³/mol. The lowest BCUT2D eigenvalue weighted by molar-refractivity contribution is 0.160. The molecule has 1 fully saturated rings. The lowest BCUT2D eigenvalue weighted by Gasteiger charge is -2.38. The van der Waals surface area contributed by atoms with Crippen LogP contribution in [-0.4, -0.2) is 25.3 Å². The molecule has 1 aliphatic rings. The number of rotatable bonds is 1. The largest absolute Gasteiger partial charge is 0.300 e. The zero-order valence-electron chi connectivity index (χ0n) is 8.20. The van der Waals surface area contributed by atoms with Gasteiger partial charge >= 0.3 is 0 Å². The summed E-state index contributed by atoms with van der Waals surface area (Å²) in [4.78, 5) is 0. The number of hydrogen-bond acceptors (Lipinski definition) is 2. The van der Waals surface area contributed by atoms with Crippen LogP contribution in [0.3, 0.4) is 0 Å². The molecule has 3 atom stereocenters. The summed E-state index contributed by atoms with van der Waals surface area (Å²) < 4.78 is 23.8. The summed E-state index contributed by atoms with van der Waals surface area (Å²) in [6, 6.07) is 0.0266. The third-order valence-corrected chi connectivity index (χ3v) is 4.40. The Morgan fingerprint density at radius 3 is 2.31 bits per heavy atom. The minimum absolute atomic E-state index is 0.0266. The highest BCUT2D eigenvalue weighted by atomic mass is 35.7. The van der Waals surface area contributed by atoms with Gasteiger partial charge in [-0.15, -0.1) is 0 Å². The first-order valence-corrected chi connectivity index (χ1v) is 6.80. The molecule has 78 valence electrons. The average molecular weight is 226 g/mol. The minimum Gasteiger partial charge on any atom is -0.195 e. The van der Waals surface area contributed by atoms with E-state index >= 15 is 0 Å². The van der Waals surface area contributed by atoms with Crippen LogP contribution in [0.25, 0.3) is 0 Å². The van der Waals surface area contributed by atoms with Crippen LogP contribution in [0, 0.1) is 11.8 Å². The second-order valence-electron chi connectivity index (χ2n) is 4.07. The van der Waals surface area contributed by atoms with E-state index in [4.69, 9.17) is 10.7 Å². The number of hydrogen-bond donors (Lipinski definition) is 0. The van der Waals surface area contributed by atoms with Gasteiger partial charge in [0.1, 0.15) is 0 Å². The van der Waals surface area contributed by atoms with Crippen molar-refractivity contribution < 1.29 is 8.42 Å². The van der Waals surface area contributed by atoms with E-state index in [9.17, 15) is 8.42 Å². The molecule has 13 heavy (non-hydrogen) atoms. The van der Waals surface area contributed by atoms with Crippen LogP contribution >= 0.6 is 10.7 Å². The van der Waals surface area contributed by atoms with Crippen LogP contribution in [0.1, 0.15) is 27.2 Å². The fourth-order valence-electron chi connectivity index (χ4n) is 1.95. The van der Waals surface area contributed by atoms with Crippen molar-refractivity contribution in [1.29, 1.82) is 0 Å². The van der Waals surface area contributed by atoms with Crippen molar-refractivity contribution in [3.8, 4) is 0 Å². The lowest BCUT2D eigenvalue weighted by Crippen LogP contribution is -2.47. The average Bonchev–Trinajstić information content (AvgIpc) is 1.94. The third kappa shape index (κ3) is 2.58. The van der Waals surface area contributed by atoms with Gasteiger partial charge in [0.15, 0.2) is 0 Å². The molecule has 0 aliphatic carbocycles. The first kappa shape index (κ1) is 11.3. The monoisotopic (exact) mass is 225 g/mol. The molecule has 5 heteroatoms. The zero-order valence-corrected chi connectivity index (χ0v) is 9.77. The van der Waals surface area contributed by atoms with E-state index in [0.717, 1.165) is 6.42 Å². The minimum atomic E-state index is -3.54. The molecule has 0 spiro atoms. The maximum atomic E-state index is 11.2. The standard InChI is InChI=1S/C8H16ClNO2S/c1-6-4-7(2)8(3)10(5-6)13(9,11)12/h6-8H,4-5H2,1-3H3. The third-order valence-electron chi connectivity index (χ3n) is 2.82. The quantitative estimate of drug-likeness (QED) is 0.639. The van der Waals surface area contributed by atoms with Gasteiger partial charge in [-0.1, -0.05) is 13.8 Å². The summed E-state index contributed by atoms with van der Waals surface area (Å²) in [5.41, 5.74) is 0. The van der Waals surface area contributed by atoms with Crippen molar-refractivity contribution in [3.05, 3.63) is 0 Å². The maximum Gasteiger partial charge on any atom is 0.300 e. The SMILES string of the molecule is CC1CC(C)C(C)N(S(=O)(=O)Cl)C1. The molecule has 1 heterocycles. The molecule has 0 radical (unpaired) electrons. The summed E-state index contributed by atoms with van der Waals surface area (Å²) in [5.74, 6) is 0.789. The molecule has 0 amide bonds. The van der Waals surface area contributed by atoms with E-state index in [2.05, 4.69) is 13.8 Å². The van der Waals surface area contributed by atoms with E-state index in [1.54, 1.807) is 0 Å². The van der Waals surface area contributed by atoms with Crippen LogP contribution in [0.2, 0.25) is 0 Å². The number of nitrogens with zero attached hydrogens (tertiary/aromatic N) is 1. The topological polar surface area (TPSA) is 37.4 Å². The molecule has 0 saturated carbocycles. The van der Waals surface area contributed by atoms with Gasteiger partial charge in [0.2, 0.25) is 0 Å². The van der Waals surface area contributed by atoms with Gasteiger partial charge < -0.3 is 0 Å². The highest BCUT2D eigenvalue weighted by Gasteiger charge is 2.35. The first-order valence-electron chi connectivity index (χ1n) is 4.53. The Kier molecular flexibility index (Phi) is 3.25. The molecule has 1 aliphatic heterocycles. The Balaban J connectivity index is 2.84. The Morgan fingerprint density at radius 2 is 1.85 bits per heavy atom. The number of halogens is 1. The Hall–Kier alpha value is 0.200. The summed E-state index contributed by atoms with van der Waals surface area (Å²) in [6.45, 7) is 6.58. The van der Waals surface area contributed by atoms with E-state index in [-0.39, 0.29) is 6.04 Å². The van der Waals surface area contributed by atoms with Gasteiger partial charge in [-0.05, 0) is 25.2 Å². The molecule has 0 N–H and O–H groups in total. The van der Waals surface area contributed by atoms with Crippen LogP contribution in [-0.2, 0) is 9.24 Å². The normalized spacial score (nSPS) is 37.7. The Morgan fingerprint density at radius 1 is 1.31 bits per heavy atom. The molecular formula is C8H16ClNO2S. The van der Waals surface area contributed by atoms with Gasteiger partial charge in [0.05, 0.1) is 0 Å². The molecule has 3 nitrogen and oxygen atoms in total. The fraction of sp³-hybridized carbons (Fsp3) is 1.00. The smallest absolute Gasteiger partial charge is 0.195 e. The van der Waals surface area contributed by atoms with Gasteiger partial charge in [0, 0.05) is 23.3 Å². The van der Waals surface area contributed by atoms with Crippen molar-refractivity contribution in [2.75, 3.05) is 6.54 Å². The van der Waals surface area contributed by atoms with E-state index in [1.807, 2.05) is 6.92 Å². The second kappa shape index (κ2) is 3.75. The molecule has 0 bridgehead atoms. The van der Waals surface area contributed by atoms with E-state index in [0.29, 0.717) is 18.4 Å². The molecule has 1 rings (SSSR count). The first-order chi connectivity index (χ1) is 5.82. The van der Waals surface area contributed by atoms with E-state index < -0.39 is 9.24 Å². The lowest BCUT2D eigenvalue weighted by atomic mass is 9.88. The van der Waals surface area contributed by atoms with Gasteiger partial charge in [-0.3, -0.25) is 0 Å². The fourth-order valence-corrected chi connectivity index (χ4v) is 3.53. The van der Waals surface area contributed by atoms with Crippen molar-refractivity contribution >= 4 is 19.9 Å². The molecular weight excluding hydrogens is 210 g/mol. The molecule has 0 aromatic rings. The highest BCUT2D eigenvalue weighted by molar-refractivity contribution is 8.11. The summed E-state index contributed by atoms with van der Waals surface area (Å²) in [5, 5.41) is 0. The summed E-state index contributed by atoms with van der Waals surface area (Å²) in [7, 11) is 1.80. The second-order valence-corrected chi connectivity index (χ2v) is 6.53. The predicted octanol–water partition coefficient (Wildman–Crippen LogP) is 1.84. The zero-order chi connectivity index (χ0) is 10.2. The van der Waals surface area contributed by atoms with Crippen LogP contribution in [0.15, 0.2) is 0 Å². The number of piperidine rings is 1. The van der Waals surface area contributed by atoms with Crippen molar-refractivity contribution in [2.45, 2.75) is 33.2 Å². The molecule has 0 aromatic carbocycles. The van der Waals surface area contributed by atoms with Crippen LogP contribution < -0.4 is 0 Å². The molecule has 1 saturated heterocycles. The van der Waals surface area contributed by atoms with Gasteiger partial charge in [0.25, 0.3) is 9.24 Å². The molecule has 0 aromatic heterocycles. The highest BCUT2D eigenvalue weighted by Crippen LogP contribution is 2.29. The van der Waals surface area contributed by atoms with Crippen molar-refractivity contribution in [1.82, 2.24) is 4.31 Å². The summed E-state index contributed by atoms with van der Waals surface area (Å²) in [6.07, 6.45) is 1.07. The van der Waals surface area contributed by atoms with Crippen LogP contribution in [0.5, 0.6) is 0 Å². The van der Waals surface area contributed by atoms with Gasteiger partial charge in [-0.25, -0.2) is 0 Å². The van der Waals surface area contributed by atoms with E-state index in [1.165, 1.54) is 4.31 Å². The molecule has 3 unspecified atom stereocenters. The van der Waals surface area contributed by atoms with Gasteiger partial charge in [-0.2, -0.15) is 12.7 Å².